The molecule has 6 heteroatoms. The molecule has 0 amide bonds. The van der Waals surface area contributed by atoms with Gasteiger partial charge in [0.25, 0.3) is 5.69 Å². The van der Waals surface area contributed by atoms with Gasteiger partial charge in [0.05, 0.1) is 15.5 Å². The van der Waals surface area contributed by atoms with Crippen LogP contribution in [0.25, 0.3) is 0 Å². The Balaban J connectivity index is 2.65. The molecule has 0 spiro atoms. The van der Waals surface area contributed by atoms with Crippen LogP contribution in [0.5, 0.6) is 0 Å². The van der Waals surface area contributed by atoms with Gasteiger partial charge in [0, 0.05) is 25.6 Å². The van der Waals surface area contributed by atoms with Gasteiger partial charge in [-0.05, 0) is 27.6 Å². The number of nitro groups is 1. The lowest BCUT2D eigenvalue weighted by atomic mass is 10.2. The molecule has 0 saturated heterocycles. The molecule has 0 heterocycles. The molecule has 5 nitrogen and oxygen atoms in total. The Labute approximate surface area is 101 Å². The van der Waals surface area contributed by atoms with Crippen molar-refractivity contribution in [3.8, 4) is 6.07 Å². The minimum absolute atomic E-state index is 0.0552. The van der Waals surface area contributed by atoms with Gasteiger partial charge in [-0.15, -0.1) is 0 Å². The predicted octanol–water partition coefficient (Wildman–Crippen LogP) is 2.36. The van der Waals surface area contributed by atoms with Gasteiger partial charge in [-0.1, -0.05) is 6.07 Å². The van der Waals surface area contributed by atoms with Crippen molar-refractivity contribution in [2.24, 2.45) is 0 Å². The number of hydrogen-bond donors (Lipinski definition) is 1. The molecule has 0 atom stereocenters. The summed E-state index contributed by atoms with van der Waals surface area (Å²) in [5.41, 5.74) is 0.882. The lowest BCUT2D eigenvalue weighted by Crippen LogP contribution is -2.14. The van der Waals surface area contributed by atoms with Gasteiger partial charge in [-0.3, -0.25) is 10.1 Å². The fourth-order valence-electron chi connectivity index (χ4n) is 1.19. The van der Waals surface area contributed by atoms with Gasteiger partial charge in [0.1, 0.15) is 0 Å². The zero-order chi connectivity index (χ0) is 12.0. The monoisotopic (exact) mass is 283 g/mol. The quantitative estimate of drug-likeness (QED) is 0.511. The number of nitrogens with one attached hydrogen (secondary N) is 1. The van der Waals surface area contributed by atoms with E-state index in [-0.39, 0.29) is 5.69 Å². The summed E-state index contributed by atoms with van der Waals surface area (Å²) in [5.74, 6) is 0. The van der Waals surface area contributed by atoms with E-state index in [0.29, 0.717) is 24.0 Å². The summed E-state index contributed by atoms with van der Waals surface area (Å²) in [6, 6.07) is 6.99. The lowest BCUT2D eigenvalue weighted by molar-refractivity contribution is -0.385. The third-order valence-corrected chi connectivity index (χ3v) is 2.62. The fraction of sp³-hybridized carbons (Fsp3) is 0.300. The Morgan fingerprint density at radius 3 is 2.94 bits per heavy atom. The van der Waals surface area contributed by atoms with E-state index in [1.165, 1.54) is 6.07 Å². The van der Waals surface area contributed by atoms with Crippen molar-refractivity contribution in [2.75, 3.05) is 6.54 Å². The Morgan fingerprint density at radius 2 is 2.31 bits per heavy atom. The topological polar surface area (TPSA) is 79.0 Å². The minimum atomic E-state index is -0.428. The number of benzene rings is 1. The van der Waals surface area contributed by atoms with Crippen LogP contribution in [0.4, 0.5) is 5.69 Å². The number of halogens is 1. The van der Waals surface area contributed by atoms with E-state index in [2.05, 4.69) is 21.2 Å². The number of nitriles is 1. The number of hydrogen-bond acceptors (Lipinski definition) is 4. The first-order valence-corrected chi connectivity index (χ1v) is 5.45. The van der Waals surface area contributed by atoms with Gasteiger partial charge in [0.15, 0.2) is 0 Å². The summed E-state index contributed by atoms with van der Waals surface area (Å²) in [5, 5.41) is 22.0. The Bertz CT molecular complexity index is 429. The Kier molecular flexibility index (Phi) is 4.89. The zero-order valence-corrected chi connectivity index (χ0v) is 10.0. The minimum Gasteiger partial charge on any atom is -0.312 e. The van der Waals surface area contributed by atoms with Crippen molar-refractivity contribution in [3.05, 3.63) is 38.3 Å². The second kappa shape index (κ2) is 6.20. The SMILES string of the molecule is N#CCCNCc1ccc(Br)c([N+](=O)[O-])c1. The average Bonchev–Trinajstić information content (AvgIpc) is 2.26. The van der Waals surface area contributed by atoms with E-state index < -0.39 is 4.92 Å². The third kappa shape index (κ3) is 3.61. The zero-order valence-electron chi connectivity index (χ0n) is 8.44. The number of nitrogens with zero attached hydrogens (tertiary/aromatic N) is 2. The molecule has 0 aliphatic heterocycles. The Morgan fingerprint density at radius 1 is 1.56 bits per heavy atom. The summed E-state index contributed by atoms with van der Waals surface area (Å²) >= 11 is 3.12. The fourth-order valence-corrected chi connectivity index (χ4v) is 1.58. The summed E-state index contributed by atoms with van der Waals surface area (Å²) in [4.78, 5) is 10.2. The highest BCUT2D eigenvalue weighted by Gasteiger charge is 2.11. The van der Waals surface area contributed by atoms with Crippen molar-refractivity contribution in [1.29, 1.82) is 5.26 Å². The molecule has 0 fully saturated rings. The highest BCUT2D eigenvalue weighted by molar-refractivity contribution is 9.10. The number of nitro benzene ring substituents is 1. The smallest absolute Gasteiger partial charge is 0.283 e. The summed E-state index contributed by atoms with van der Waals surface area (Å²) in [7, 11) is 0. The van der Waals surface area contributed by atoms with Crippen molar-refractivity contribution in [3.63, 3.8) is 0 Å². The van der Waals surface area contributed by atoms with Gasteiger partial charge in [0.2, 0.25) is 0 Å². The molecule has 0 radical (unpaired) electrons. The van der Waals surface area contributed by atoms with Gasteiger partial charge < -0.3 is 5.32 Å². The van der Waals surface area contributed by atoms with Gasteiger partial charge >= 0.3 is 0 Å². The lowest BCUT2D eigenvalue weighted by Gasteiger charge is -2.03. The van der Waals surface area contributed by atoms with E-state index in [4.69, 9.17) is 5.26 Å². The second-order valence-corrected chi connectivity index (χ2v) is 3.98. The van der Waals surface area contributed by atoms with Gasteiger partial charge in [-0.25, -0.2) is 0 Å². The highest BCUT2D eigenvalue weighted by Crippen LogP contribution is 2.25. The molecule has 0 aromatic heterocycles. The maximum absolute atomic E-state index is 10.7. The largest absolute Gasteiger partial charge is 0.312 e. The van der Waals surface area contributed by atoms with E-state index in [9.17, 15) is 10.1 Å². The summed E-state index contributed by atoms with van der Waals surface area (Å²) in [6.07, 6.45) is 0.429. The number of rotatable bonds is 5. The molecule has 1 N–H and O–H groups in total. The maximum Gasteiger partial charge on any atom is 0.283 e. The first kappa shape index (κ1) is 12.6. The molecule has 84 valence electrons. The van der Waals surface area contributed by atoms with Crippen molar-refractivity contribution in [1.82, 2.24) is 5.32 Å². The summed E-state index contributed by atoms with van der Waals surface area (Å²) < 4.78 is 0.471. The first-order valence-electron chi connectivity index (χ1n) is 4.65. The van der Waals surface area contributed by atoms with Crippen LogP contribution in [0.3, 0.4) is 0 Å². The summed E-state index contributed by atoms with van der Waals surface area (Å²) in [6.45, 7) is 1.11. The van der Waals surface area contributed by atoms with Gasteiger partial charge in [-0.2, -0.15) is 5.26 Å². The standard InChI is InChI=1S/C10H10BrN3O2/c11-9-3-2-8(6-10(9)14(15)16)7-13-5-1-4-12/h2-3,6,13H,1,5,7H2. The van der Waals surface area contributed by atoms with Crippen LogP contribution >= 0.6 is 15.9 Å². The molecule has 1 aromatic rings. The molecule has 16 heavy (non-hydrogen) atoms. The molecular weight excluding hydrogens is 274 g/mol. The van der Waals surface area contributed by atoms with Crippen LogP contribution < -0.4 is 5.32 Å². The molecule has 0 saturated carbocycles. The van der Waals surface area contributed by atoms with Crippen LogP contribution in [0.2, 0.25) is 0 Å². The first-order chi connectivity index (χ1) is 7.65. The molecular formula is C10H10BrN3O2. The molecule has 0 unspecified atom stereocenters. The van der Waals surface area contributed by atoms with Crippen LogP contribution in [-0.2, 0) is 6.54 Å². The van der Waals surface area contributed by atoms with Crippen molar-refractivity contribution >= 4 is 21.6 Å². The second-order valence-electron chi connectivity index (χ2n) is 3.13. The van der Waals surface area contributed by atoms with Crippen molar-refractivity contribution in [2.45, 2.75) is 13.0 Å². The van der Waals surface area contributed by atoms with E-state index in [1.54, 1.807) is 12.1 Å². The van der Waals surface area contributed by atoms with E-state index in [1.807, 2.05) is 6.07 Å². The molecule has 1 rings (SSSR count). The van der Waals surface area contributed by atoms with Crippen LogP contribution in [-0.4, -0.2) is 11.5 Å². The molecule has 0 aliphatic rings. The maximum atomic E-state index is 10.7. The average molecular weight is 284 g/mol. The van der Waals surface area contributed by atoms with Crippen LogP contribution in [0.1, 0.15) is 12.0 Å². The molecule has 0 aliphatic carbocycles. The Hall–Kier alpha value is -1.45. The predicted molar refractivity (Wildman–Crippen MR) is 62.7 cm³/mol. The molecule has 1 aromatic carbocycles. The molecule has 0 bridgehead atoms. The van der Waals surface area contributed by atoms with E-state index in [0.717, 1.165) is 5.56 Å². The third-order valence-electron chi connectivity index (χ3n) is 1.95. The highest BCUT2D eigenvalue weighted by atomic mass is 79.9. The van der Waals surface area contributed by atoms with Crippen LogP contribution in [0, 0.1) is 21.4 Å². The van der Waals surface area contributed by atoms with E-state index >= 15 is 0 Å². The van der Waals surface area contributed by atoms with Crippen LogP contribution in [0.15, 0.2) is 22.7 Å². The normalized spacial score (nSPS) is 9.75. The van der Waals surface area contributed by atoms with Crippen molar-refractivity contribution < 1.29 is 4.92 Å².